The molecule has 1 N–H and O–H groups in total. The van der Waals surface area contributed by atoms with Gasteiger partial charge in [-0.25, -0.2) is 0 Å². The zero-order valence-electron chi connectivity index (χ0n) is 8.18. The van der Waals surface area contributed by atoms with Gasteiger partial charge >= 0.3 is 0 Å². The quantitative estimate of drug-likeness (QED) is 0.516. The molecule has 0 aromatic carbocycles. The molecule has 1 aromatic heterocycles. The van der Waals surface area contributed by atoms with E-state index in [9.17, 15) is 4.79 Å². The summed E-state index contributed by atoms with van der Waals surface area (Å²) in [4.78, 5) is 11.6. The summed E-state index contributed by atoms with van der Waals surface area (Å²) < 4.78 is 6.24. The number of amides is 1. The third-order valence-corrected chi connectivity index (χ3v) is 2.67. The number of rotatable bonds is 5. The van der Waals surface area contributed by atoms with Crippen molar-refractivity contribution in [2.75, 3.05) is 11.0 Å². The number of nitrogens with one attached hydrogen (secondary N) is 1. The molecule has 1 heterocycles. The van der Waals surface area contributed by atoms with Gasteiger partial charge in [-0.05, 0) is 12.5 Å². The predicted molar refractivity (Wildman–Crippen MR) is 63.9 cm³/mol. The Hall–Kier alpha value is -0.520. The van der Waals surface area contributed by atoms with Gasteiger partial charge in [0.25, 0.3) is 5.91 Å². The first-order valence-corrected chi connectivity index (χ1v) is 6.22. The Labute approximate surface area is 97.4 Å². The number of carbonyl (C=O) groups is 1. The second-order valence-corrected chi connectivity index (χ2v) is 3.99. The minimum Gasteiger partial charge on any atom is -0.469 e. The Bertz CT molecular complexity index is 296. The van der Waals surface area contributed by atoms with Gasteiger partial charge in [0.1, 0.15) is 5.76 Å². The molecule has 0 radical (unpaired) electrons. The highest BCUT2D eigenvalue weighted by Gasteiger charge is 2.11. The molecule has 1 rings (SSSR count). The van der Waals surface area contributed by atoms with Crippen molar-refractivity contribution in [2.24, 2.45) is 0 Å². The van der Waals surface area contributed by atoms with Gasteiger partial charge in [-0.1, -0.05) is 29.5 Å². The Morgan fingerprint density at radius 3 is 3.07 bits per heavy atom. The minimum absolute atomic E-state index is 0.0274. The fourth-order valence-corrected chi connectivity index (χ4v) is 1.56. The molecule has 0 saturated carbocycles. The van der Waals surface area contributed by atoms with Crippen molar-refractivity contribution < 1.29 is 9.21 Å². The van der Waals surface area contributed by atoms with Crippen LogP contribution in [0.5, 0.6) is 0 Å². The molecule has 3 nitrogen and oxygen atoms in total. The van der Waals surface area contributed by atoms with Gasteiger partial charge in [0, 0.05) is 17.4 Å². The Kier molecular flexibility index (Phi) is 5.00. The van der Waals surface area contributed by atoms with E-state index in [1.54, 1.807) is 12.3 Å². The molecule has 1 aromatic rings. The lowest BCUT2D eigenvalue weighted by Crippen LogP contribution is -2.25. The summed E-state index contributed by atoms with van der Waals surface area (Å²) in [5.41, 5.74) is 0.668. The molecule has 0 unspecified atom stereocenters. The van der Waals surface area contributed by atoms with Crippen molar-refractivity contribution in [1.29, 1.82) is 0 Å². The van der Waals surface area contributed by atoms with Crippen LogP contribution in [0.2, 0.25) is 0 Å². The molecular weight excluding hydrogens is 293 g/mol. The molecule has 78 valence electrons. The van der Waals surface area contributed by atoms with Crippen molar-refractivity contribution in [1.82, 2.24) is 5.32 Å². The van der Waals surface area contributed by atoms with Gasteiger partial charge in [0.15, 0.2) is 0 Å². The van der Waals surface area contributed by atoms with Crippen LogP contribution in [0.15, 0.2) is 16.7 Å². The van der Waals surface area contributed by atoms with Gasteiger partial charge in [0.2, 0.25) is 0 Å². The zero-order valence-corrected chi connectivity index (χ0v) is 10.3. The summed E-state index contributed by atoms with van der Waals surface area (Å²) in [6.45, 7) is 2.70. The third kappa shape index (κ3) is 3.01. The van der Waals surface area contributed by atoms with E-state index in [0.29, 0.717) is 5.56 Å². The molecule has 0 atom stereocenters. The summed E-state index contributed by atoms with van der Waals surface area (Å²) in [6.07, 6.45) is 3.32. The van der Waals surface area contributed by atoms with Crippen LogP contribution in [0.4, 0.5) is 0 Å². The second-order valence-electron chi connectivity index (χ2n) is 2.91. The Morgan fingerprint density at radius 2 is 2.43 bits per heavy atom. The number of furan rings is 1. The van der Waals surface area contributed by atoms with Crippen LogP contribution in [0.1, 0.15) is 29.5 Å². The normalized spacial score (nSPS) is 10.1. The van der Waals surface area contributed by atoms with Crippen LogP contribution in [-0.4, -0.2) is 16.9 Å². The highest BCUT2D eigenvalue weighted by atomic mass is 127. The minimum atomic E-state index is -0.0274. The smallest absolute Gasteiger partial charge is 0.254 e. The monoisotopic (exact) mass is 307 g/mol. The predicted octanol–water partition coefficient (Wildman–Crippen LogP) is 2.40. The van der Waals surface area contributed by atoms with Gasteiger partial charge in [0.05, 0.1) is 11.8 Å². The summed E-state index contributed by atoms with van der Waals surface area (Å²) in [5, 5.41) is 2.86. The maximum atomic E-state index is 11.6. The van der Waals surface area contributed by atoms with E-state index in [1.165, 1.54) is 0 Å². The number of hydrogen-bond acceptors (Lipinski definition) is 2. The molecular formula is C10H14INO2. The number of alkyl halides is 1. The molecule has 0 fully saturated rings. The lowest BCUT2D eigenvalue weighted by Gasteiger charge is -2.02. The van der Waals surface area contributed by atoms with Gasteiger partial charge in [-0.2, -0.15) is 0 Å². The van der Waals surface area contributed by atoms with Crippen LogP contribution in [-0.2, 0) is 6.42 Å². The largest absolute Gasteiger partial charge is 0.469 e. The van der Waals surface area contributed by atoms with Crippen molar-refractivity contribution in [2.45, 2.75) is 19.8 Å². The van der Waals surface area contributed by atoms with E-state index >= 15 is 0 Å². The highest BCUT2D eigenvalue weighted by molar-refractivity contribution is 14.1. The van der Waals surface area contributed by atoms with Crippen molar-refractivity contribution in [3.63, 3.8) is 0 Å². The first-order chi connectivity index (χ1) is 6.79. The van der Waals surface area contributed by atoms with Crippen molar-refractivity contribution in [3.8, 4) is 0 Å². The maximum absolute atomic E-state index is 11.6. The van der Waals surface area contributed by atoms with E-state index < -0.39 is 0 Å². The van der Waals surface area contributed by atoms with E-state index in [4.69, 9.17) is 4.42 Å². The maximum Gasteiger partial charge on any atom is 0.254 e. The standard InChI is InChI=1S/C10H14INO2/c1-2-9-8(4-7-14-9)10(13)12-6-3-5-11/h4,7H,2-3,5-6H2,1H3,(H,12,13). The number of aryl methyl sites for hydroxylation is 1. The fourth-order valence-electron chi connectivity index (χ4n) is 1.18. The van der Waals surface area contributed by atoms with E-state index in [-0.39, 0.29) is 5.91 Å². The Morgan fingerprint density at radius 1 is 1.64 bits per heavy atom. The fraction of sp³-hybridized carbons (Fsp3) is 0.500. The number of hydrogen-bond donors (Lipinski definition) is 1. The third-order valence-electron chi connectivity index (χ3n) is 1.91. The molecule has 0 spiro atoms. The van der Waals surface area contributed by atoms with Crippen LogP contribution >= 0.6 is 22.6 Å². The first kappa shape index (κ1) is 11.6. The average Bonchev–Trinajstić information content (AvgIpc) is 2.65. The molecule has 0 aliphatic rings. The first-order valence-electron chi connectivity index (χ1n) is 4.70. The summed E-state index contributed by atoms with van der Waals surface area (Å²) >= 11 is 2.29. The SMILES string of the molecule is CCc1occc1C(=O)NCCCI. The van der Waals surface area contributed by atoms with Crippen LogP contribution < -0.4 is 5.32 Å². The van der Waals surface area contributed by atoms with Gasteiger partial charge < -0.3 is 9.73 Å². The van der Waals surface area contributed by atoms with E-state index in [0.717, 1.165) is 29.6 Å². The highest BCUT2D eigenvalue weighted by Crippen LogP contribution is 2.10. The van der Waals surface area contributed by atoms with Gasteiger partial charge in [-0.3, -0.25) is 4.79 Å². The summed E-state index contributed by atoms with van der Waals surface area (Å²) in [5.74, 6) is 0.734. The van der Waals surface area contributed by atoms with E-state index in [1.807, 2.05) is 6.92 Å². The van der Waals surface area contributed by atoms with E-state index in [2.05, 4.69) is 27.9 Å². The molecule has 4 heteroatoms. The Balaban J connectivity index is 2.51. The number of halogens is 1. The summed E-state index contributed by atoms with van der Waals surface area (Å²) in [7, 11) is 0. The van der Waals surface area contributed by atoms with Crippen LogP contribution in [0.3, 0.4) is 0 Å². The molecule has 0 aliphatic heterocycles. The molecule has 14 heavy (non-hydrogen) atoms. The zero-order chi connectivity index (χ0) is 10.4. The lowest BCUT2D eigenvalue weighted by atomic mass is 10.2. The molecule has 0 saturated heterocycles. The van der Waals surface area contributed by atoms with Gasteiger partial charge in [-0.15, -0.1) is 0 Å². The topological polar surface area (TPSA) is 42.2 Å². The number of carbonyl (C=O) groups excluding carboxylic acids is 1. The molecule has 0 aliphatic carbocycles. The summed E-state index contributed by atoms with van der Waals surface area (Å²) in [6, 6.07) is 1.72. The second kappa shape index (κ2) is 6.06. The van der Waals surface area contributed by atoms with Crippen LogP contribution in [0, 0.1) is 0 Å². The van der Waals surface area contributed by atoms with Crippen molar-refractivity contribution in [3.05, 3.63) is 23.7 Å². The van der Waals surface area contributed by atoms with Crippen LogP contribution in [0.25, 0.3) is 0 Å². The average molecular weight is 307 g/mol. The van der Waals surface area contributed by atoms with Crippen molar-refractivity contribution >= 4 is 28.5 Å². The molecule has 1 amide bonds. The lowest BCUT2D eigenvalue weighted by molar-refractivity contribution is 0.0952. The molecule has 0 bridgehead atoms.